The zero-order chi connectivity index (χ0) is 17.6. The predicted octanol–water partition coefficient (Wildman–Crippen LogP) is 4.15. The van der Waals surface area contributed by atoms with Crippen LogP contribution in [-0.4, -0.2) is 23.4 Å². The van der Waals surface area contributed by atoms with E-state index in [-0.39, 0.29) is 17.8 Å². The van der Waals surface area contributed by atoms with Gasteiger partial charge >= 0.3 is 0 Å². The third kappa shape index (κ3) is 5.03. The van der Waals surface area contributed by atoms with Gasteiger partial charge in [-0.05, 0) is 54.8 Å². The van der Waals surface area contributed by atoms with Crippen LogP contribution in [0.4, 0.5) is 4.39 Å². The van der Waals surface area contributed by atoms with Crippen LogP contribution in [0.5, 0.6) is 0 Å². The number of halogens is 2. The number of amides is 1. The second-order valence-electron chi connectivity index (χ2n) is 6.44. The molecule has 3 rings (SSSR count). The number of rotatable bonds is 7. The normalized spacial score (nSPS) is 17.3. The van der Waals surface area contributed by atoms with Gasteiger partial charge in [0, 0.05) is 30.6 Å². The van der Waals surface area contributed by atoms with Gasteiger partial charge in [0.25, 0.3) is 0 Å². The summed E-state index contributed by atoms with van der Waals surface area (Å²) < 4.78 is 12.9. The van der Waals surface area contributed by atoms with Crippen molar-refractivity contribution < 1.29 is 9.18 Å². The Morgan fingerprint density at radius 1 is 1.16 bits per heavy atom. The standard InChI is InChI=1S/C20H22ClFN2O/c21-17-3-1-2-16(12-17)14-24-19(8-9-20(24)25)10-11-23-13-15-4-6-18(22)7-5-15/h1-7,12,19,23H,8-11,13-14H2. The molecule has 1 amide bonds. The maximum absolute atomic E-state index is 12.9. The van der Waals surface area contributed by atoms with Gasteiger partial charge in [-0.1, -0.05) is 35.9 Å². The minimum atomic E-state index is -0.218. The van der Waals surface area contributed by atoms with Gasteiger partial charge in [0.2, 0.25) is 5.91 Å². The summed E-state index contributed by atoms with van der Waals surface area (Å²) in [4.78, 5) is 14.2. The molecular formula is C20H22ClFN2O. The fourth-order valence-corrected chi connectivity index (χ4v) is 3.46. The molecule has 132 valence electrons. The third-order valence-corrected chi connectivity index (χ3v) is 4.83. The number of likely N-dealkylation sites (tertiary alicyclic amines) is 1. The molecule has 0 saturated carbocycles. The first-order valence-electron chi connectivity index (χ1n) is 8.61. The highest BCUT2D eigenvalue weighted by Gasteiger charge is 2.30. The number of hydrogen-bond acceptors (Lipinski definition) is 2. The highest BCUT2D eigenvalue weighted by atomic mass is 35.5. The Labute approximate surface area is 152 Å². The van der Waals surface area contributed by atoms with Gasteiger partial charge in [0.05, 0.1) is 0 Å². The average Bonchev–Trinajstić information content (AvgIpc) is 2.94. The van der Waals surface area contributed by atoms with Crippen LogP contribution in [-0.2, 0) is 17.9 Å². The molecule has 0 radical (unpaired) electrons. The molecule has 1 aliphatic rings. The molecule has 0 aromatic heterocycles. The summed E-state index contributed by atoms with van der Waals surface area (Å²) in [7, 11) is 0. The van der Waals surface area contributed by atoms with Crippen molar-refractivity contribution in [3.05, 3.63) is 70.5 Å². The molecule has 2 aromatic rings. The number of nitrogens with zero attached hydrogens (tertiary/aromatic N) is 1. The Balaban J connectivity index is 1.49. The van der Waals surface area contributed by atoms with Gasteiger partial charge in [-0.15, -0.1) is 0 Å². The van der Waals surface area contributed by atoms with Crippen LogP contribution in [0, 0.1) is 5.82 Å². The van der Waals surface area contributed by atoms with E-state index in [1.165, 1.54) is 12.1 Å². The molecule has 0 bridgehead atoms. The fourth-order valence-electron chi connectivity index (χ4n) is 3.25. The molecule has 1 saturated heterocycles. The Morgan fingerprint density at radius 3 is 2.72 bits per heavy atom. The van der Waals surface area contributed by atoms with Crippen molar-refractivity contribution in [3.63, 3.8) is 0 Å². The summed E-state index contributed by atoms with van der Waals surface area (Å²) in [5, 5.41) is 4.07. The topological polar surface area (TPSA) is 32.3 Å². The highest BCUT2D eigenvalue weighted by molar-refractivity contribution is 6.30. The van der Waals surface area contributed by atoms with E-state index in [1.807, 2.05) is 29.2 Å². The largest absolute Gasteiger partial charge is 0.335 e. The first-order chi connectivity index (χ1) is 12.1. The monoisotopic (exact) mass is 360 g/mol. The lowest BCUT2D eigenvalue weighted by Gasteiger charge is -2.25. The van der Waals surface area contributed by atoms with E-state index < -0.39 is 0 Å². The van der Waals surface area contributed by atoms with Crippen LogP contribution < -0.4 is 5.32 Å². The van der Waals surface area contributed by atoms with Crippen molar-refractivity contribution in [2.24, 2.45) is 0 Å². The third-order valence-electron chi connectivity index (χ3n) is 4.59. The van der Waals surface area contributed by atoms with Crippen LogP contribution in [0.15, 0.2) is 48.5 Å². The van der Waals surface area contributed by atoms with Crippen molar-refractivity contribution in [2.45, 2.75) is 38.4 Å². The number of carbonyl (C=O) groups is 1. The summed E-state index contributed by atoms with van der Waals surface area (Å²) >= 11 is 6.04. The summed E-state index contributed by atoms with van der Waals surface area (Å²) in [6, 6.07) is 14.4. The zero-order valence-corrected chi connectivity index (χ0v) is 14.8. The second-order valence-corrected chi connectivity index (χ2v) is 6.87. The first-order valence-corrected chi connectivity index (χ1v) is 8.99. The first kappa shape index (κ1) is 17.9. The molecule has 3 nitrogen and oxygen atoms in total. The van der Waals surface area contributed by atoms with Crippen molar-refractivity contribution in [1.29, 1.82) is 0 Å². The van der Waals surface area contributed by atoms with E-state index >= 15 is 0 Å². The van der Waals surface area contributed by atoms with Crippen LogP contribution in [0.2, 0.25) is 5.02 Å². The van der Waals surface area contributed by atoms with Crippen molar-refractivity contribution in [2.75, 3.05) is 6.54 Å². The lowest BCUT2D eigenvalue weighted by molar-refractivity contribution is -0.129. The van der Waals surface area contributed by atoms with E-state index in [0.29, 0.717) is 24.5 Å². The number of benzene rings is 2. The van der Waals surface area contributed by atoms with Crippen molar-refractivity contribution in [3.8, 4) is 0 Å². The van der Waals surface area contributed by atoms with Gasteiger partial charge in [-0.2, -0.15) is 0 Å². The van der Waals surface area contributed by atoms with Crippen LogP contribution >= 0.6 is 11.6 Å². The smallest absolute Gasteiger partial charge is 0.223 e. The minimum absolute atomic E-state index is 0.212. The molecule has 1 fully saturated rings. The van der Waals surface area contributed by atoms with Gasteiger partial charge in [0.15, 0.2) is 0 Å². The van der Waals surface area contributed by atoms with Crippen LogP contribution in [0.1, 0.15) is 30.4 Å². The fraction of sp³-hybridized carbons (Fsp3) is 0.350. The molecule has 1 unspecified atom stereocenters. The summed E-state index contributed by atoms with van der Waals surface area (Å²) in [6.07, 6.45) is 2.42. The number of hydrogen-bond donors (Lipinski definition) is 1. The van der Waals surface area contributed by atoms with Gasteiger partial charge in [-0.3, -0.25) is 4.79 Å². The molecule has 1 N–H and O–H groups in total. The minimum Gasteiger partial charge on any atom is -0.335 e. The van der Waals surface area contributed by atoms with E-state index in [1.54, 1.807) is 12.1 Å². The van der Waals surface area contributed by atoms with E-state index in [4.69, 9.17) is 11.6 Å². The molecule has 2 aromatic carbocycles. The van der Waals surface area contributed by atoms with E-state index in [2.05, 4.69) is 5.32 Å². The maximum Gasteiger partial charge on any atom is 0.223 e. The lowest BCUT2D eigenvalue weighted by atomic mass is 10.1. The Hall–Kier alpha value is -1.91. The second kappa shape index (κ2) is 8.45. The SMILES string of the molecule is O=C1CCC(CCNCc2ccc(F)cc2)N1Cc1cccc(Cl)c1. The van der Waals surface area contributed by atoms with Crippen molar-refractivity contribution in [1.82, 2.24) is 10.2 Å². The molecule has 1 heterocycles. The summed E-state index contributed by atoms with van der Waals surface area (Å²) in [5.41, 5.74) is 2.12. The Bertz CT molecular complexity index is 720. The molecule has 1 atom stereocenters. The zero-order valence-electron chi connectivity index (χ0n) is 14.1. The van der Waals surface area contributed by atoms with Gasteiger partial charge in [-0.25, -0.2) is 4.39 Å². The van der Waals surface area contributed by atoms with Crippen LogP contribution in [0.25, 0.3) is 0 Å². The summed E-state index contributed by atoms with van der Waals surface area (Å²) in [6.45, 7) is 2.14. The predicted molar refractivity (Wildman–Crippen MR) is 97.7 cm³/mol. The van der Waals surface area contributed by atoms with Gasteiger partial charge < -0.3 is 10.2 Å². The molecule has 25 heavy (non-hydrogen) atoms. The molecule has 0 aliphatic carbocycles. The quantitative estimate of drug-likeness (QED) is 0.752. The highest BCUT2D eigenvalue weighted by Crippen LogP contribution is 2.24. The van der Waals surface area contributed by atoms with E-state index in [0.717, 1.165) is 30.5 Å². The molecular weight excluding hydrogens is 339 g/mol. The lowest BCUT2D eigenvalue weighted by Crippen LogP contribution is -2.34. The van der Waals surface area contributed by atoms with Crippen molar-refractivity contribution >= 4 is 17.5 Å². The van der Waals surface area contributed by atoms with Gasteiger partial charge in [0.1, 0.15) is 5.82 Å². The summed E-state index contributed by atoms with van der Waals surface area (Å²) in [5.74, 6) is -0.00612. The molecule has 0 spiro atoms. The molecule has 5 heteroatoms. The number of carbonyl (C=O) groups excluding carboxylic acids is 1. The van der Waals surface area contributed by atoms with Crippen LogP contribution in [0.3, 0.4) is 0 Å². The molecule has 1 aliphatic heterocycles. The average molecular weight is 361 g/mol. The van der Waals surface area contributed by atoms with E-state index in [9.17, 15) is 9.18 Å². The Morgan fingerprint density at radius 2 is 1.96 bits per heavy atom. The maximum atomic E-state index is 12.9. The number of nitrogens with one attached hydrogen (secondary N) is 1. The Kier molecular flexibility index (Phi) is 6.05.